The zero-order valence-corrected chi connectivity index (χ0v) is 11.5. The molecule has 0 N–H and O–H groups in total. The predicted octanol–water partition coefficient (Wildman–Crippen LogP) is 4.02. The van der Waals surface area contributed by atoms with E-state index >= 15 is 0 Å². The average Bonchev–Trinajstić information content (AvgIpc) is 2.37. The number of ether oxygens (including phenoxy) is 1. The van der Waals surface area contributed by atoms with Gasteiger partial charge in [0.05, 0.1) is 7.11 Å². The minimum atomic E-state index is 0.388. The lowest BCUT2D eigenvalue weighted by atomic mass is 9.85. The third-order valence-electron chi connectivity index (χ3n) is 3.34. The van der Waals surface area contributed by atoms with Gasteiger partial charge in [-0.3, -0.25) is 0 Å². The molecule has 0 spiro atoms. The number of hydrogen-bond donors (Lipinski definition) is 0. The Kier molecular flexibility index (Phi) is 5.10. The zero-order chi connectivity index (χ0) is 12.8. The molecule has 1 nitrogen and oxygen atoms in total. The van der Waals surface area contributed by atoms with E-state index in [0.29, 0.717) is 11.8 Å². The van der Waals surface area contributed by atoms with Gasteiger partial charge in [-0.2, -0.15) is 0 Å². The molecule has 0 saturated carbocycles. The third kappa shape index (κ3) is 3.27. The summed E-state index contributed by atoms with van der Waals surface area (Å²) in [5, 5.41) is 0. The number of rotatable bonds is 4. The van der Waals surface area contributed by atoms with E-state index in [1.165, 1.54) is 11.1 Å². The van der Waals surface area contributed by atoms with Gasteiger partial charge in [-0.1, -0.05) is 32.8 Å². The molecule has 1 heteroatoms. The van der Waals surface area contributed by atoms with Gasteiger partial charge in [-0.25, -0.2) is 0 Å². The second kappa shape index (κ2) is 6.35. The van der Waals surface area contributed by atoms with E-state index in [9.17, 15) is 0 Å². The van der Waals surface area contributed by atoms with Crippen LogP contribution in [0, 0.1) is 17.8 Å². The first kappa shape index (κ1) is 13.6. The maximum atomic E-state index is 5.27. The van der Waals surface area contributed by atoms with Gasteiger partial charge in [0.2, 0.25) is 0 Å². The second-order valence-corrected chi connectivity index (χ2v) is 4.39. The number of aryl methyl sites for hydroxylation is 1. The summed E-state index contributed by atoms with van der Waals surface area (Å²) in [6, 6.07) is 6.35. The van der Waals surface area contributed by atoms with Crippen LogP contribution in [0.4, 0.5) is 0 Å². The summed E-state index contributed by atoms with van der Waals surface area (Å²) in [6.45, 7) is 8.51. The highest BCUT2D eigenvalue weighted by Gasteiger charge is 2.15. The van der Waals surface area contributed by atoms with Crippen molar-refractivity contribution >= 4 is 0 Å². The molecular weight excluding hydrogens is 208 g/mol. The van der Waals surface area contributed by atoms with Gasteiger partial charge in [0, 0.05) is 5.92 Å². The first-order valence-electron chi connectivity index (χ1n) is 6.23. The SMILES string of the molecule is CC#CC(C)C(C)c1ccc(OC)cc1CC. The van der Waals surface area contributed by atoms with Crippen LogP contribution in [0.2, 0.25) is 0 Å². The van der Waals surface area contributed by atoms with Crippen molar-refractivity contribution in [3.63, 3.8) is 0 Å². The topological polar surface area (TPSA) is 9.23 Å². The van der Waals surface area contributed by atoms with Gasteiger partial charge in [0.25, 0.3) is 0 Å². The van der Waals surface area contributed by atoms with Crippen molar-refractivity contribution in [1.29, 1.82) is 0 Å². The molecule has 92 valence electrons. The van der Waals surface area contributed by atoms with Crippen LogP contribution in [0.25, 0.3) is 0 Å². The Bertz CT molecular complexity index is 423. The fraction of sp³-hybridized carbons (Fsp3) is 0.500. The maximum Gasteiger partial charge on any atom is 0.119 e. The van der Waals surface area contributed by atoms with E-state index in [0.717, 1.165) is 12.2 Å². The van der Waals surface area contributed by atoms with Crippen molar-refractivity contribution in [2.45, 2.75) is 40.0 Å². The van der Waals surface area contributed by atoms with Crippen LogP contribution in [0.15, 0.2) is 18.2 Å². The molecule has 17 heavy (non-hydrogen) atoms. The molecule has 0 fully saturated rings. The molecule has 0 heterocycles. The highest BCUT2D eigenvalue weighted by atomic mass is 16.5. The molecular formula is C16H22O. The molecule has 0 aromatic heterocycles. The van der Waals surface area contributed by atoms with Gasteiger partial charge in [-0.15, -0.1) is 5.92 Å². The third-order valence-corrected chi connectivity index (χ3v) is 3.34. The average molecular weight is 230 g/mol. The molecule has 2 unspecified atom stereocenters. The Hall–Kier alpha value is -1.42. The lowest BCUT2D eigenvalue weighted by molar-refractivity contribution is 0.414. The summed E-state index contributed by atoms with van der Waals surface area (Å²) in [6.07, 6.45) is 1.03. The van der Waals surface area contributed by atoms with Crippen molar-refractivity contribution in [2.75, 3.05) is 7.11 Å². The van der Waals surface area contributed by atoms with Gasteiger partial charge >= 0.3 is 0 Å². The molecule has 1 rings (SSSR count). The summed E-state index contributed by atoms with van der Waals surface area (Å²) in [7, 11) is 1.71. The number of methoxy groups -OCH3 is 1. The summed E-state index contributed by atoms with van der Waals surface area (Å²) < 4.78 is 5.27. The molecule has 0 radical (unpaired) electrons. The highest BCUT2D eigenvalue weighted by molar-refractivity contribution is 5.38. The normalized spacial score (nSPS) is 13.5. The zero-order valence-electron chi connectivity index (χ0n) is 11.5. The smallest absolute Gasteiger partial charge is 0.119 e. The maximum absolute atomic E-state index is 5.27. The van der Waals surface area contributed by atoms with Gasteiger partial charge in [-0.05, 0) is 42.5 Å². The number of hydrogen-bond acceptors (Lipinski definition) is 1. The van der Waals surface area contributed by atoms with Crippen LogP contribution in [-0.4, -0.2) is 7.11 Å². The van der Waals surface area contributed by atoms with Crippen LogP contribution in [0.1, 0.15) is 44.7 Å². The summed E-state index contributed by atoms with van der Waals surface area (Å²) >= 11 is 0. The molecule has 1 aromatic rings. The van der Waals surface area contributed by atoms with E-state index in [2.05, 4.69) is 44.7 Å². The fourth-order valence-electron chi connectivity index (χ4n) is 2.08. The predicted molar refractivity (Wildman–Crippen MR) is 73.4 cm³/mol. The van der Waals surface area contributed by atoms with E-state index in [1.807, 2.05) is 13.0 Å². The summed E-state index contributed by atoms with van der Waals surface area (Å²) in [5.41, 5.74) is 2.75. The van der Waals surface area contributed by atoms with Crippen molar-refractivity contribution in [3.05, 3.63) is 29.3 Å². The lowest BCUT2D eigenvalue weighted by Crippen LogP contribution is -2.07. The standard InChI is InChI=1S/C16H22O/c1-6-8-12(3)13(4)16-10-9-15(17-5)11-14(16)7-2/h9-13H,7H2,1-5H3. The summed E-state index contributed by atoms with van der Waals surface area (Å²) in [4.78, 5) is 0. The Balaban J connectivity index is 3.07. The molecule has 0 aliphatic heterocycles. The Morgan fingerprint density at radius 2 is 2.00 bits per heavy atom. The van der Waals surface area contributed by atoms with E-state index in [4.69, 9.17) is 4.74 Å². The van der Waals surface area contributed by atoms with Crippen molar-refractivity contribution in [1.82, 2.24) is 0 Å². The van der Waals surface area contributed by atoms with E-state index in [-0.39, 0.29) is 0 Å². The summed E-state index contributed by atoms with van der Waals surface area (Å²) in [5.74, 6) is 8.03. The Labute approximate surface area is 105 Å². The Morgan fingerprint density at radius 1 is 1.29 bits per heavy atom. The second-order valence-electron chi connectivity index (χ2n) is 4.39. The lowest BCUT2D eigenvalue weighted by Gasteiger charge is -2.19. The van der Waals surface area contributed by atoms with Gasteiger partial charge in [0.15, 0.2) is 0 Å². The monoisotopic (exact) mass is 230 g/mol. The molecule has 2 atom stereocenters. The minimum Gasteiger partial charge on any atom is -0.497 e. The molecule has 0 aliphatic carbocycles. The molecule has 0 bridgehead atoms. The molecule has 0 aliphatic rings. The number of benzene rings is 1. The molecule has 0 amide bonds. The van der Waals surface area contributed by atoms with Crippen molar-refractivity contribution in [2.24, 2.45) is 5.92 Å². The molecule has 1 aromatic carbocycles. The molecule has 0 saturated heterocycles. The van der Waals surface area contributed by atoms with Crippen LogP contribution in [0.5, 0.6) is 5.75 Å². The van der Waals surface area contributed by atoms with Crippen molar-refractivity contribution < 1.29 is 4.74 Å². The fourth-order valence-corrected chi connectivity index (χ4v) is 2.08. The minimum absolute atomic E-state index is 0.388. The quantitative estimate of drug-likeness (QED) is 0.710. The van der Waals surface area contributed by atoms with Crippen LogP contribution >= 0.6 is 0 Å². The van der Waals surface area contributed by atoms with Gasteiger partial charge in [0.1, 0.15) is 5.75 Å². The van der Waals surface area contributed by atoms with Crippen molar-refractivity contribution in [3.8, 4) is 17.6 Å². The van der Waals surface area contributed by atoms with Gasteiger partial charge < -0.3 is 4.74 Å². The largest absolute Gasteiger partial charge is 0.497 e. The van der Waals surface area contributed by atoms with E-state index < -0.39 is 0 Å². The first-order valence-corrected chi connectivity index (χ1v) is 6.23. The van der Waals surface area contributed by atoms with Crippen LogP contribution in [0.3, 0.4) is 0 Å². The van der Waals surface area contributed by atoms with Crippen LogP contribution < -0.4 is 4.74 Å². The highest BCUT2D eigenvalue weighted by Crippen LogP contribution is 2.29. The first-order chi connectivity index (χ1) is 8.13. The van der Waals surface area contributed by atoms with Crippen LogP contribution in [-0.2, 0) is 6.42 Å². The van der Waals surface area contributed by atoms with E-state index in [1.54, 1.807) is 7.11 Å². The Morgan fingerprint density at radius 3 is 2.53 bits per heavy atom.